The second kappa shape index (κ2) is 10.7. The van der Waals surface area contributed by atoms with Crippen molar-refractivity contribution >= 4 is 22.9 Å². The standard InChI is InChI=1S/C22H36N6O4/c23-19-16-20(28(13-25-16)21-18(31)17(30)15(12-29)32-21)27-22(26-19)24-11-7-2-1-4-8-14-9-5-3-6-10-14/h13-15,17-18,21,29-31H,1-12H2,(H3,23,24,26,27)/t15-,17?,18?,21-/m1/s1. The number of unbranched alkanes of at least 4 members (excludes halogenated alkanes) is 3. The predicted octanol–water partition coefficient (Wildman–Crippen LogP) is 1.96. The number of imidazole rings is 1. The quantitative estimate of drug-likeness (QED) is 0.343. The molecule has 4 atom stereocenters. The van der Waals surface area contributed by atoms with Gasteiger partial charge in [0.25, 0.3) is 0 Å². The third-order valence-corrected chi connectivity index (χ3v) is 6.79. The van der Waals surface area contributed by atoms with Crippen molar-refractivity contribution in [2.24, 2.45) is 5.92 Å². The molecule has 4 rings (SSSR count). The van der Waals surface area contributed by atoms with Gasteiger partial charge in [0.2, 0.25) is 5.95 Å². The van der Waals surface area contributed by atoms with Gasteiger partial charge in [-0.3, -0.25) is 4.57 Å². The van der Waals surface area contributed by atoms with E-state index in [0.29, 0.717) is 17.1 Å². The van der Waals surface area contributed by atoms with Crippen LogP contribution >= 0.6 is 0 Å². The van der Waals surface area contributed by atoms with Gasteiger partial charge >= 0.3 is 0 Å². The molecule has 1 saturated heterocycles. The highest BCUT2D eigenvalue weighted by Crippen LogP contribution is 2.32. The van der Waals surface area contributed by atoms with Crippen molar-refractivity contribution < 1.29 is 20.1 Å². The van der Waals surface area contributed by atoms with E-state index in [-0.39, 0.29) is 5.82 Å². The number of ether oxygens (including phenoxy) is 1. The van der Waals surface area contributed by atoms with Gasteiger partial charge in [-0.2, -0.15) is 9.97 Å². The predicted molar refractivity (Wildman–Crippen MR) is 121 cm³/mol. The minimum atomic E-state index is -1.22. The number of nitrogens with two attached hydrogens (primary N) is 1. The summed E-state index contributed by atoms with van der Waals surface area (Å²) in [6.45, 7) is 0.350. The molecule has 1 aliphatic heterocycles. The number of nitrogen functional groups attached to an aromatic ring is 1. The average Bonchev–Trinajstić information content (AvgIpc) is 3.35. The van der Waals surface area contributed by atoms with Gasteiger partial charge in [-0.1, -0.05) is 57.8 Å². The smallest absolute Gasteiger partial charge is 0.226 e. The van der Waals surface area contributed by atoms with Crippen molar-refractivity contribution in [3.63, 3.8) is 0 Å². The Labute approximate surface area is 188 Å². The molecule has 2 aliphatic rings. The van der Waals surface area contributed by atoms with Gasteiger partial charge in [0.1, 0.15) is 23.8 Å². The van der Waals surface area contributed by atoms with E-state index < -0.39 is 31.1 Å². The molecule has 0 radical (unpaired) electrons. The molecule has 1 saturated carbocycles. The van der Waals surface area contributed by atoms with Gasteiger partial charge in [0.05, 0.1) is 12.9 Å². The zero-order valence-corrected chi connectivity index (χ0v) is 18.6. The van der Waals surface area contributed by atoms with E-state index in [0.717, 1.165) is 25.3 Å². The maximum atomic E-state index is 10.3. The number of hydrogen-bond acceptors (Lipinski definition) is 9. The van der Waals surface area contributed by atoms with Gasteiger partial charge in [-0.05, 0) is 12.3 Å². The molecule has 0 aromatic carbocycles. The van der Waals surface area contributed by atoms with Gasteiger partial charge in [-0.15, -0.1) is 0 Å². The van der Waals surface area contributed by atoms with Crippen LogP contribution in [-0.4, -0.2) is 66.3 Å². The summed E-state index contributed by atoms with van der Waals surface area (Å²) in [4.78, 5) is 13.0. The van der Waals surface area contributed by atoms with Crippen LogP contribution in [0.4, 0.5) is 11.8 Å². The third kappa shape index (κ3) is 5.14. The molecule has 32 heavy (non-hydrogen) atoms. The molecule has 6 N–H and O–H groups in total. The summed E-state index contributed by atoms with van der Waals surface area (Å²) < 4.78 is 7.12. The zero-order valence-electron chi connectivity index (χ0n) is 18.6. The number of rotatable bonds is 10. The Morgan fingerprint density at radius 1 is 1.06 bits per heavy atom. The monoisotopic (exact) mass is 448 g/mol. The van der Waals surface area contributed by atoms with Crippen LogP contribution in [0.2, 0.25) is 0 Å². The van der Waals surface area contributed by atoms with E-state index in [1.54, 1.807) is 0 Å². The molecule has 2 aromatic heterocycles. The first kappa shape index (κ1) is 23.2. The minimum absolute atomic E-state index is 0.232. The normalized spacial score (nSPS) is 26.7. The Bertz CT molecular complexity index is 871. The van der Waals surface area contributed by atoms with E-state index in [1.165, 1.54) is 62.3 Å². The molecule has 1 aliphatic carbocycles. The topological polar surface area (TPSA) is 152 Å². The molecular weight excluding hydrogens is 412 g/mol. The molecule has 0 amide bonds. The van der Waals surface area contributed by atoms with E-state index in [4.69, 9.17) is 10.5 Å². The Morgan fingerprint density at radius 3 is 2.59 bits per heavy atom. The van der Waals surface area contributed by atoms with Crippen molar-refractivity contribution in [2.75, 3.05) is 24.2 Å². The van der Waals surface area contributed by atoms with Crippen LogP contribution in [0.15, 0.2) is 6.33 Å². The van der Waals surface area contributed by atoms with Gasteiger partial charge < -0.3 is 31.1 Å². The lowest BCUT2D eigenvalue weighted by molar-refractivity contribution is -0.0511. The molecule has 0 bridgehead atoms. The second-order valence-corrected chi connectivity index (χ2v) is 9.12. The molecule has 10 nitrogen and oxygen atoms in total. The van der Waals surface area contributed by atoms with Crippen LogP contribution in [0.5, 0.6) is 0 Å². The first-order chi connectivity index (χ1) is 15.6. The van der Waals surface area contributed by atoms with E-state index >= 15 is 0 Å². The fourth-order valence-corrected chi connectivity index (χ4v) is 4.90. The highest BCUT2D eigenvalue weighted by Gasteiger charge is 2.44. The maximum Gasteiger partial charge on any atom is 0.226 e. The van der Waals surface area contributed by atoms with Gasteiger partial charge in [0.15, 0.2) is 17.7 Å². The molecular formula is C22H36N6O4. The number of anilines is 2. The van der Waals surface area contributed by atoms with Crippen molar-refractivity contribution in [1.82, 2.24) is 19.5 Å². The number of nitrogens with one attached hydrogen (secondary N) is 1. The van der Waals surface area contributed by atoms with E-state index in [9.17, 15) is 15.3 Å². The van der Waals surface area contributed by atoms with Crippen LogP contribution in [0.3, 0.4) is 0 Å². The minimum Gasteiger partial charge on any atom is -0.394 e. The van der Waals surface area contributed by atoms with E-state index in [1.807, 2.05) is 0 Å². The van der Waals surface area contributed by atoms with Crippen LogP contribution in [0.25, 0.3) is 11.2 Å². The lowest BCUT2D eigenvalue weighted by atomic mass is 9.85. The largest absolute Gasteiger partial charge is 0.394 e. The number of fused-ring (bicyclic) bond motifs is 1. The number of nitrogens with zero attached hydrogens (tertiary/aromatic N) is 4. The highest BCUT2D eigenvalue weighted by molar-refractivity contribution is 5.83. The Balaban J connectivity index is 1.29. The summed E-state index contributed by atoms with van der Waals surface area (Å²) in [7, 11) is 0. The molecule has 10 heteroatoms. The van der Waals surface area contributed by atoms with Crippen molar-refractivity contribution in [2.45, 2.75) is 88.7 Å². The van der Waals surface area contributed by atoms with Crippen LogP contribution in [-0.2, 0) is 4.74 Å². The molecule has 2 unspecified atom stereocenters. The Hall–Kier alpha value is -2.01. The molecule has 0 spiro atoms. The second-order valence-electron chi connectivity index (χ2n) is 9.12. The summed E-state index contributed by atoms with van der Waals surface area (Å²) in [5, 5.41) is 32.9. The van der Waals surface area contributed by atoms with Crippen LogP contribution < -0.4 is 11.1 Å². The lowest BCUT2D eigenvalue weighted by Crippen LogP contribution is -2.33. The fourth-order valence-electron chi connectivity index (χ4n) is 4.90. The maximum absolute atomic E-state index is 10.3. The molecule has 3 heterocycles. The summed E-state index contributed by atoms with van der Waals surface area (Å²) in [6.07, 6.45) is 10.4. The number of hydrogen-bond donors (Lipinski definition) is 5. The zero-order chi connectivity index (χ0) is 22.5. The summed E-state index contributed by atoms with van der Waals surface area (Å²) in [5.74, 6) is 1.58. The van der Waals surface area contributed by atoms with Crippen molar-refractivity contribution in [3.05, 3.63) is 6.33 Å². The molecule has 2 aromatic rings. The van der Waals surface area contributed by atoms with Gasteiger partial charge in [0, 0.05) is 6.54 Å². The SMILES string of the molecule is Nc1nc(NCCCCCCC2CCCCC2)nc2c1ncn2[C@@H]1O[C@H](CO)C(O)C1O. The lowest BCUT2D eigenvalue weighted by Gasteiger charge is -2.21. The van der Waals surface area contributed by atoms with Crippen molar-refractivity contribution in [1.29, 1.82) is 0 Å². The van der Waals surface area contributed by atoms with Gasteiger partial charge in [-0.25, -0.2) is 4.98 Å². The molecule has 178 valence electrons. The highest BCUT2D eigenvalue weighted by atomic mass is 16.6. The van der Waals surface area contributed by atoms with E-state index in [2.05, 4.69) is 20.3 Å². The first-order valence-electron chi connectivity index (χ1n) is 11.9. The summed E-state index contributed by atoms with van der Waals surface area (Å²) >= 11 is 0. The summed E-state index contributed by atoms with van der Waals surface area (Å²) in [5.41, 5.74) is 6.87. The average molecular weight is 449 g/mol. The number of aliphatic hydroxyl groups is 3. The summed E-state index contributed by atoms with van der Waals surface area (Å²) in [6, 6.07) is 0. The fraction of sp³-hybridized carbons (Fsp3) is 0.773. The molecule has 2 fully saturated rings. The number of aromatic nitrogens is 4. The van der Waals surface area contributed by atoms with Crippen LogP contribution in [0.1, 0.15) is 70.4 Å². The Kier molecular flexibility index (Phi) is 7.77. The first-order valence-corrected chi connectivity index (χ1v) is 11.9. The van der Waals surface area contributed by atoms with Crippen molar-refractivity contribution in [3.8, 4) is 0 Å². The third-order valence-electron chi connectivity index (χ3n) is 6.79. The number of aliphatic hydroxyl groups excluding tert-OH is 3. The Morgan fingerprint density at radius 2 is 1.84 bits per heavy atom. The van der Waals surface area contributed by atoms with Crippen LogP contribution in [0, 0.1) is 5.92 Å².